The number of rotatable bonds is 7. The van der Waals surface area contributed by atoms with Crippen LogP contribution in [-0.4, -0.2) is 120 Å². The van der Waals surface area contributed by atoms with E-state index in [-0.39, 0.29) is 88.7 Å². The molecule has 2 aliphatic rings. The van der Waals surface area contributed by atoms with Crippen LogP contribution in [0.2, 0.25) is 0 Å². The van der Waals surface area contributed by atoms with Gasteiger partial charge in [-0.2, -0.15) is 5.26 Å². The van der Waals surface area contributed by atoms with Gasteiger partial charge in [-0.05, 0) is 6.10 Å². The zero-order chi connectivity index (χ0) is 28.4. The maximum absolute atomic E-state index is 11.1. The average molecular weight is 638 g/mol. The number of nitriles is 1. The van der Waals surface area contributed by atoms with E-state index >= 15 is 0 Å². The van der Waals surface area contributed by atoms with Gasteiger partial charge in [0, 0.05) is 13.0 Å². The van der Waals surface area contributed by atoms with Gasteiger partial charge < -0.3 is 58.4 Å². The summed E-state index contributed by atoms with van der Waals surface area (Å²) in [6.07, 6.45) is -10.2. The van der Waals surface area contributed by atoms with Crippen molar-refractivity contribution in [2.24, 2.45) is 5.92 Å². The second kappa shape index (κ2) is 21.8. The first-order valence-corrected chi connectivity index (χ1v) is 12.0. The van der Waals surface area contributed by atoms with Crippen LogP contribution in [-0.2, 0) is 48.7 Å². The predicted molar refractivity (Wildman–Crippen MR) is 101 cm³/mol. The summed E-state index contributed by atoms with van der Waals surface area (Å²) < 4.78 is 89.9. The number of hydrogen-bond donors (Lipinski definition) is 5. The fourth-order valence-corrected chi connectivity index (χ4v) is 3.18. The fraction of sp³-hybridized carbons (Fsp3) is 0.800. The Morgan fingerprint density at radius 2 is 1.49 bits per heavy atom. The van der Waals surface area contributed by atoms with Crippen molar-refractivity contribution in [3.63, 3.8) is 0 Å². The summed E-state index contributed by atoms with van der Waals surface area (Å²) in [6, 6.07) is 0. The Kier molecular flexibility index (Phi) is 26.4. The van der Waals surface area contributed by atoms with E-state index in [9.17, 15) is 38.2 Å². The van der Waals surface area contributed by atoms with Crippen molar-refractivity contribution in [3.8, 4) is 6.26 Å². The predicted octanol–water partition coefficient (Wildman–Crippen LogP) is -14.5. The van der Waals surface area contributed by atoms with Crippen molar-refractivity contribution in [2.75, 3.05) is 13.7 Å². The Morgan fingerprint density at radius 3 is 1.87 bits per heavy atom. The third kappa shape index (κ3) is 19.2. The molecule has 0 radical (unpaired) electrons. The molecule has 2 heterocycles. The number of nitrogens with zero attached hydrogens (tertiary/aromatic N) is 1. The maximum atomic E-state index is 11.1. The normalized spacial score (nSPS) is 32.0. The maximum Gasteiger partial charge on any atom is 1.00 e. The number of methoxy groups -OCH3 is 1. The molecule has 2 fully saturated rings. The van der Waals surface area contributed by atoms with Gasteiger partial charge in [-0.1, -0.05) is 13.0 Å². The number of carbonyl (C=O) groups is 1. The first-order chi connectivity index (χ1) is 16.4. The van der Waals surface area contributed by atoms with Gasteiger partial charge in [0.15, 0.2) is 12.6 Å². The molecule has 2 aliphatic heterocycles. The second-order valence-corrected chi connectivity index (χ2v) is 8.77. The van der Waals surface area contributed by atoms with Gasteiger partial charge >= 0.3 is 88.7 Å². The van der Waals surface area contributed by atoms with Crippen LogP contribution in [0.1, 0.15) is 6.92 Å². The molecule has 0 saturated carbocycles. The van der Waals surface area contributed by atoms with Crippen molar-refractivity contribution in [1.29, 1.82) is 5.26 Å². The third-order valence-corrected chi connectivity index (χ3v) is 4.79. The Labute approximate surface area is 290 Å². The summed E-state index contributed by atoms with van der Waals surface area (Å²) in [7, 11) is -8.60. The summed E-state index contributed by atoms with van der Waals surface area (Å²) in [4.78, 5) is 11.1. The van der Waals surface area contributed by atoms with Crippen molar-refractivity contribution in [3.05, 3.63) is 6.42 Å². The molecule has 2 rings (SSSR count). The summed E-state index contributed by atoms with van der Waals surface area (Å²) in [5.41, 5.74) is 0. The van der Waals surface area contributed by atoms with E-state index in [1.807, 2.05) is 0 Å². The van der Waals surface area contributed by atoms with Crippen LogP contribution in [0.25, 0.3) is 0 Å². The molecule has 0 bridgehead atoms. The molecule has 0 amide bonds. The van der Waals surface area contributed by atoms with Crippen molar-refractivity contribution in [2.45, 2.75) is 56.1 Å². The topological polar surface area (TPSA) is 326 Å². The molecule has 0 aromatic heterocycles. The molecule has 39 heavy (non-hydrogen) atoms. The molecule has 0 aliphatic carbocycles. The van der Waals surface area contributed by atoms with E-state index in [1.54, 1.807) is 6.92 Å². The first kappa shape index (κ1) is 47.2. The number of ether oxygens (including phenoxy) is 4. The molecular formula is C15H23NNa3O18S2-. The van der Waals surface area contributed by atoms with Gasteiger partial charge in [0.1, 0.15) is 24.4 Å². The van der Waals surface area contributed by atoms with Crippen molar-refractivity contribution < 1.29 is 173 Å². The third-order valence-electron chi connectivity index (χ3n) is 4.36. The van der Waals surface area contributed by atoms with Crippen LogP contribution in [0.4, 0.5) is 0 Å². The summed E-state index contributed by atoms with van der Waals surface area (Å²) >= 11 is 0. The van der Waals surface area contributed by atoms with E-state index in [1.165, 1.54) is 13.5 Å². The van der Waals surface area contributed by atoms with E-state index in [0.29, 0.717) is 0 Å². The second-order valence-electron chi connectivity index (χ2n) is 6.87. The minimum absolute atomic E-state index is 0. The monoisotopic (exact) mass is 638 g/mol. The molecule has 19 nitrogen and oxygen atoms in total. The van der Waals surface area contributed by atoms with Gasteiger partial charge in [0.05, 0.1) is 12.6 Å². The Bertz CT molecular complexity index is 942. The molecule has 0 spiro atoms. The standard InChI is InChI=1S/C14H23O13S.CHNO.3Na.H2O4S/c1-5-7(3-6(25-13(5)23-2)4-24-28(20,21)22)26-14-10(17)8(15)9(16)11(27-14)12(18)19;2-1-3;;;;1-5(2,3)4/h3,5-11,13-17H,4H2,1-2H3,(H,18,19)(H,20,21,22);3H;;;;(H2,1,2,3,4)/q-1;;3*+1;/p-3/t5?,6?,7-,8-,9-,10?,11?,13-,14+;;;;;/m0...../s1. The Morgan fingerprint density at radius 1 is 1.03 bits per heavy atom. The number of carboxylic acid groups (broad SMARTS) is 1. The van der Waals surface area contributed by atoms with Crippen LogP contribution in [0.15, 0.2) is 0 Å². The molecule has 212 valence electrons. The van der Waals surface area contributed by atoms with Gasteiger partial charge in [-0.3, -0.25) is 15.2 Å². The van der Waals surface area contributed by atoms with Crippen LogP contribution in [0.5, 0.6) is 0 Å². The van der Waals surface area contributed by atoms with Gasteiger partial charge in [-0.15, -0.1) is 0 Å². The fourth-order valence-electron chi connectivity index (χ4n) is 2.88. The largest absolute Gasteiger partial charge is 1.00 e. The molecular weight excluding hydrogens is 615 g/mol. The number of aliphatic hydroxyl groups is 4. The summed E-state index contributed by atoms with van der Waals surface area (Å²) in [6.45, 7) is 0.933. The van der Waals surface area contributed by atoms with Crippen LogP contribution < -0.4 is 93.8 Å². The van der Waals surface area contributed by atoms with Crippen LogP contribution in [0.3, 0.4) is 0 Å². The minimum atomic E-state index is -4.97. The quantitative estimate of drug-likeness (QED) is 0.0568. The zero-order valence-electron chi connectivity index (χ0n) is 21.3. The Balaban J connectivity index is -0.000000492. The molecule has 5 N–H and O–H groups in total. The number of carboxylic acids is 1. The van der Waals surface area contributed by atoms with Gasteiger partial charge in [0.2, 0.25) is 20.8 Å². The van der Waals surface area contributed by atoms with E-state index < -0.39 is 88.5 Å². The van der Waals surface area contributed by atoms with Gasteiger partial charge in [0.25, 0.3) is 6.26 Å². The number of aliphatic carboxylic acids is 1. The molecule has 9 atom stereocenters. The average Bonchev–Trinajstić information content (AvgIpc) is 2.72. The Hall–Kier alpha value is 1.22. The summed E-state index contributed by atoms with van der Waals surface area (Å²) in [5, 5.41) is 54.3. The molecule has 0 aromatic rings. The number of carbonyl (C=O) groups excluding carboxylic acids is 1. The van der Waals surface area contributed by atoms with E-state index in [0.717, 1.165) is 6.26 Å². The van der Waals surface area contributed by atoms with E-state index in [2.05, 4.69) is 4.18 Å². The van der Waals surface area contributed by atoms with Crippen molar-refractivity contribution in [1.82, 2.24) is 0 Å². The van der Waals surface area contributed by atoms with Crippen LogP contribution in [0, 0.1) is 23.9 Å². The van der Waals surface area contributed by atoms with Crippen LogP contribution >= 0.6 is 0 Å². The smallest absolute Gasteiger partial charge is 0.726 e. The summed E-state index contributed by atoms with van der Waals surface area (Å²) in [5.74, 6) is -2.39. The molecule has 24 heteroatoms. The van der Waals surface area contributed by atoms with Gasteiger partial charge in [-0.25, -0.2) is 16.8 Å². The zero-order valence-corrected chi connectivity index (χ0v) is 28.9. The molecule has 0 aromatic carbocycles. The first-order valence-electron chi connectivity index (χ1n) is 9.27. The SMILES string of the molecule is CO[C@H]1OC(COS(=O)(=O)[O-])[CH-][C@H](O[C@@H]2OC(C(=O)[O-])[C@@H](O)[C@H](O)C2O)C1C.N#CO.O=S(=O)([O-])O.[Na+].[Na+].[Na+]. The van der Waals surface area contributed by atoms with Crippen molar-refractivity contribution >= 4 is 26.8 Å². The number of aliphatic hydroxyl groups excluding tert-OH is 4. The molecule has 2 saturated heterocycles. The van der Waals surface area contributed by atoms with E-state index in [4.69, 9.17) is 46.8 Å². The minimum Gasteiger partial charge on any atom is -0.726 e. The number of hydrogen-bond acceptors (Lipinski definition) is 18. The molecule has 4 unspecified atom stereocenters.